The van der Waals surface area contributed by atoms with Gasteiger partial charge >= 0.3 is 0 Å². The fraction of sp³-hybridized carbons (Fsp3) is 0. The molecule has 0 radical (unpaired) electrons. The Labute approximate surface area is 122 Å². The van der Waals surface area contributed by atoms with Gasteiger partial charge in [0.25, 0.3) is 0 Å². The third kappa shape index (κ3) is 1.73. The molecule has 0 atom stereocenters. The molecule has 0 aliphatic heterocycles. The molecule has 20 heavy (non-hydrogen) atoms. The summed E-state index contributed by atoms with van der Waals surface area (Å²) in [7, 11) is 0. The van der Waals surface area contributed by atoms with Gasteiger partial charge in [-0.2, -0.15) is 0 Å². The summed E-state index contributed by atoms with van der Waals surface area (Å²) < 4.78 is 7.96. The Balaban J connectivity index is 1.93. The molecule has 4 aromatic heterocycles. The van der Waals surface area contributed by atoms with Gasteiger partial charge in [0.05, 0.1) is 10.4 Å². The molecule has 4 aromatic rings. The van der Waals surface area contributed by atoms with E-state index in [9.17, 15) is 0 Å². The summed E-state index contributed by atoms with van der Waals surface area (Å²) >= 11 is 3.40. The van der Waals surface area contributed by atoms with Crippen LogP contribution >= 0.6 is 22.7 Å². The number of thiophene rings is 2. The van der Waals surface area contributed by atoms with Crippen molar-refractivity contribution in [3.05, 3.63) is 42.0 Å². The van der Waals surface area contributed by atoms with Crippen molar-refractivity contribution in [3.8, 4) is 21.8 Å². The van der Waals surface area contributed by atoms with Crippen LogP contribution in [-0.2, 0) is 0 Å². The smallest absolute Gasteiger partial charge is 0.186 e. The lowest BCUT2D eigenvalue weighted by molar-refractivity contribution is 0.437. The van der Waals surface area contributed by atoms with E-state index >= 15 is 0 Å². The van der Waals surface area contributed by atoms with Gasteiger partial charge in [-0.1, -0.05) is 5.16 Å². The predicted molar refractivity (Wildman–Crippen MR) is 82.8 cm³/mol. The first kappa shape index (κ1) is 11.6. The van der Waals surface area contributed by atoms with Crippen molar-refractivity contribution in [2.75, 3.05) is 5.73 Å². The maximum Gasteiger partial charge on any atom is 0.186 e. The molecule has 0 aliphatic carbocycles. The average molecular weight is 299 g/mol. The standard InChI is InChI=1S/C14H9N3OS2/c15-14-12(8-1-4-16-5-2-8)13(18-17-14)11-7-10-9(20-11)3-6-19-10/h1-7H,(H2,15,17). The van der Waals surface area contributed by atoms with Gasteiger partial charge < -0.3 is 10.3 Å². The number of hydrogen-bond acceptors (Lipinski definition) is 6. The highest BCUT2D eigenvalue weighted by Crippen LogP contribution is 2.42. The van der Waals surface area contributed by atoms with Crippen LogP contribution in [0.3, 0.4) is 0 Å². The molecule has 0 bridgehead atoms. The van der Waals surface area contributed by atoms with E-state index < -0.39 is 0 Å². The van der Waals surface area contributed by atoms with Crippen LogP contribution in [0, 0.1) is 0 Å². The van der Waals surface area contributed by atoms with E-state index in [1.807, 2.05) is 12.1 Å². The number of rotatable bonds is 2. The topological polar surface area (TPSA) is 64.9 Å². The van der Waals surface area contributed by atoms with E-state index in [1.165, 1.54) is 9.40 Å². The molecule has 2 N–H and O–H groups in total. The molecule has 4 heterocycles. The Bertz CT molecular complexity index is 848. The molecule has 4 rings (SSSR count). The highest BCUT2D eigenvalue weighted by atomic mass is 32.1. The van der Waals surface area contributed by atoms with Crippen molar-refractivity contribution in [3.63, 3.8) is 0 Å². The second kappa shape index (κ2) is 4.43. The Hall–Kier alpha value is -2.18. The van der Waals surface area contributed by atoms with Gasteiger partial charge in [-0.25, -0.2) is 0 Å². The van der Waals surface area contributed by atoms with E-state index in [2.05, 4.69) is 27.7 Å². The maximum absolute atomic E-state index is 5.96. The molecule has 0 aliphatic rings. The summed E-state index contributed by atoms with van der Waals surface area (Å²) in [5, 5.41) is 6.00. The average Bonchev–Trinajstić information content (AvgIpc) is 3.12. The number of pyridine rings is 1. The van der Waals surface area contributed by atoms with Crippen molar-refractivity contribution in [2.45, 2.75) is 0 Å². The fourth-order valence-electron chi connectivity index (χ4n) is 2.15. The van der Waals surface area contributed by atoms with Crippen LogP contribution in [-0.4, -0.2) is 10.1 Å². The number of hydrogen-bond donors (Lipinski definition) is 1. The quantitative estimate of drug-likeness (QED) is 0.600. The first-order chi connectivity index (χ1) is 9.83. The molecule has 6 heteroatoms. The Morgan fingerprint density at radius 3 is 2.75 bits per heavy atom. The van der Waals surface area contributed by atoms with Crippen molar-refractivity contribution in [2.24, 2.45) is 0 Å². The lowest BCUT2D eigenvalue weighted by Crippen LogP contribution is -1.88. The molecule has 0 amide bonds. The number of nitrogens with two attached hydrogens (primary N) is 1. The highest BCUT2D eigenvalue weighted by molar-refractivity contribution is 7.28. The van der Waals surface area contributed by atoms with Crippen LogP contribution in [0.2, 0.25) is 0 Å². The van der Waals surface area contributed by atoms with E-state index in [-0.39, 0.29) is 0 Å². The lowest BCUT2D eigenvalue weighted by atomic mass is 10.1. The van der Waals surface area contributed by atoms with Gasteiger partial charge in [0, 0.05) is 21.8 Å². The number of fused-ring (bicyclic) bond motifs is 1. The van der Waals surface area contributed by atoms with Crippen molar-refractivity contribution in [1.29, 1.82) is 0 Å². The summed E-state index contributed by atoms with van der Waals surface area (Å²) in [6.45, 7) is 0. The summed E-state index contributed by atoms with van der Waals surface area (Å²) in [5.41, 5.74) is 7.76. The van der Waals surface area contributed by atoms with E-state index in [0.717, 1.165) is 21.8 Å². The minimum Gasteiger partial charge on any atom is -0.380 e. The Morgan fingerprint density at radius 1 is 1.10 bits per heavy atom. The molecule has 0 saturated heterocycles. The molecule has 0 unspecified atom stereocenters. The monoisotopic (exact) mass is 299 g/mol. The number of nitrogen functional groups attached to an aromatic ring is 1. The Kier molecular flexibility index (Phi) is 2.58. The second-order valence-corrected chi connectivity index (χ2v) is 6.30. The van der Waals surface area contributed by atoms with Gasteiger partial charge in [0.15, 0.2) is 11.6 Å². The molecule has 0 saturated carbocycles. The predicted octanol–water partition coefficient (Wildman–Crippen LogP) is 4.26. The SMILES string of the molecule is Nc1noc(-c2cc3sccc3s2)c1-c1ccncc1. The minimum absolute atomic E-state index is 0.406. The van der Waals surface area contributed by atoms with Crippen LogP contribution in [0.5, 0.6) is 0 Å². The summed E-state index contributed by atoms with van der Waals surface area (Å²) in [6, 6.07) is 8.04. The molecular weight excluding hydrogens is 290 g/mol. The van der Waals surface area contributed by atoms with Crippen molar-refractivity contribution >= 4 is 37.9 Å². The van der Waals surface area contributed by atoms with Crippen molar-refractivity contribution < 1.29 is 4.52 Å². The third-order valence-electron chi connectivity index (χ3n) is 3.05. The second-order valence-electron chi connectivity index (χ2n) is 4.27. The summed E-state index contributed by atoms with van der Waals surface area (Å²) in [5.74, 6) is 1.13. The highest BCUT2D eigenvalue weighted by Gasteiger charge is 2.19. The number of aromatic nitrogens is 2. The van der Waals surface area contributed by atoms with Crippen LogP contribution in [0.25, 0.3) is 31.2 Å². The molecule has 4 nitrogen and oxygen atoms in total. The first-order valence-electron chi connectivity index (χ1n) is 5.96. The third-order valence-corrected chi connectivity index (χ3v) is 5.14. The van der Waals surface area contributed by atoms with Crippen LogP contribution < -0.4 is 5.73 Å². The maximum atomic E-state index is 5.96. The largest absolute Gasteiger partial charge is 0.380 e. The Morgan fingerprint density at radius 2 is 1.95 bits per heavy atom. The van der Waals surface area contributed by atoms with E-state index in [4.69, 9.17) is 10.3 Å². The van der Waals surface area contributed by atoms with Gasteiger partial charge in [-0.05, 0) is 35.2 Å². The fourth-order valence-corrected chi connectivity index (χ4v) is 4.24. The minimum atomic E-state index is 0.406. The number of nitrogens with zero attached hydrogens (tertiary/aromatic N) is 2. The molecular formula is C14H9N3OS2. The van der Waals surface area contributed by atoms with Gasteiger partial charge in [0.2, 0.25) is 0 Å². The molecule has 0 spiro atoms. The first-order valence-corrected chi connectivity index (χ1v) is 7.65. The van der Waals surface area contributed by atoms with Gasteiger partial charge in [-0.3, -0.25) is 4.98 Å². The van der Waals surface area contributed by atoms with Crippen LogP contribution in [0.15, 0.2) is 46.6 Å². The number of anilines is 1. The zero-order valence-electron chi connectivity index (χ0n) is 10.2. The van der Waals surface area contributed by atoms with Crippen molar-refractivity contribution in [1.82, 2.24) is 10.1 Å². The van der Waals surface area contributed by atoms with Gasteiger partial charge in [0.1, 0.15) is 0 Å². The molecule has 0 aromatic carbocycles. The zero-order chi connectivity index (χ0) is 13.5. The molecule has 0 fully saturated rings. The normalized spacial score (nSPS) is 11.2. The summed E-state index contributed by atoms with van der Waals surface area (Å²) in [4.78, 5) is 5.07. The lowest BCUT2D eigenvalue weighted by Gasteiger charge is -1.99. The summed E-state index contributed by atoms with van der Waals surface area (Å²) in [6.07, 6.45) is 3.47. The van der Waals surface area contributed by atoms with Crippen LogP contribution in [0.1, 0.15) is 0 Å². The van der Waals surface area contributed by atoms with E-state index in [1.54, 1.807) is 35.1 Å². The van der Waals surface area contributed by atoms with E-state index in [0.29, 0.717) is 5.82 Å². The van der Waals surface area contributed by atoms with Gasteiger partial charge in [-0.15, -0.1) is 22.7 Å². The molecule has 98 valence electrons. The zero-order valence-corrected chi connectivity index (χ0v) is 11.9. The van der Waals surface area contributed by atoms with Crippen LogP contribution in [0.4, 0.5) is 5.82 Å².